The minimum absolute atomic E-state index is 0.0182. The van der Waals surface area contributed by atoms with Crippen LogP contribution in [0.3, 0.4) is 0 Å². The first-order valence-electron chi connectivity index (χ1n) is 6.72. The molecule has 1 N–H and O–H groups in total. The lowest BCUT2D eigenvalue weighted by Crippen LogP contribution is -2.34. The molecule has 1 rings (SSSR count). The summed E-state index contributed by atoms with van der Waals surface area (Å²) >= 11 is 0. The quantitative estimate of drug-likeness (QED) is 0.798. The van der Waals surface area contributed by atoms with Crippen molar-refractivity contribution >= 4 is 5.91 Å². The Kier molecular flexibility index (Phi) is 6.30. The molecule has 0 aromatic heterocycles. The fourth-order valence-corrected chi connectivity index (χ4v) is 2.00. The minimum atomic E-state index is 0.0182. The SMILES string of the molecule is CC/C=C(\C)C(=O)NC[C@@H](c1ccccc1)N(C)C. The van der Waals surface area contributed by atoms with Crippen LogP contribution < -0.4 is 5.32 Å². The van der Waals surface area contributed by atoms with Crippen molar-refractivity contribution in [3.05, 3.63) is 47.5 Å². The van der Waals surface area contributed by atoms with Gasteiger partial charge in [0.25, 0.3) is 0 Å². The van der Waals surface area contributed by atoms with Crippen LogP contribution in [0.5, 0.6) is 0 Å². The van der Waals surface area contributed by atoms with E-state index in [9.17, 15) is 4.79 Å². The van der Waals surface area contributed by atoms with E-state index in [4.69, 9.17) is 0 Å². The summed E-state index contributed by atoms with van der Waals surface area (Å²) in [5.41, 5.74) is 2.00. The van der Waals surface area contributed by atoms with Gasteiger partial charge in [-0.05, 0) is 33.0 Å². The zero-order valence-corrected chi connectivity index (χ0v) is 12.3. The molecule has 1 atom stereocenters. The third-order valence-corrected chi connectivity index (χ3v) is 3.13. The zero-order chi connectivity index (χ0) is 14.3. The molecule has 0 aliphatic heterocycles. The average molecular weight is 260 g/mol. The van der Waals surface area contributed by atoms with Crippen molar-refractivity contribution in [1.29, 1.82) is 0 Å². The Labute approximate surface area is 116 Å². The van der Waals surface area contributed by atoms with Gasteiger partial charge < -0.3 is 10.2 Å². The van der Waals surface area contributed by atoms with Crippen LogP contribution in [-0.2, 0) is 4.79 Å². The van der Waals surface area contributed by atoms with Gasteiger partial charge in [-0.25, -0.2) is 0 Å². The third-order valence-electron chi connectivity index (χ3n) is 3.13. The number of benzene rings is 1. The highest BCUT2D eigenvalue weighted by Gasteiger charge is 2.15. The van der Waals surface area contributed by atoms with E-state index in [1.165, 1.54) is 5.56 Å². The second-order valence-corrected chi connectivity index (χ2v) is 4.90. The van der Waals surface area contributed by atoms with Gasteiger partial charge >= 0.3 is 0 Å². The van der Waals surface area contributed by atoms with Gasteiger partial charge in [-0.3, -0.25) is 4.79 Å². The molecule has 3 heteroatoms. The van der Waals surface area contributed by atoms with E-state index in [2.05, 4.69) is 22.3 Å². The molecular formula is C16H24N2O. The van der Waals surface area contributed by atoms with E-state index in [-0.39, 0.29) is 11.9 Å². The van der Waals surface area contributed by atoms with Crippen molar-refractivity contribution < 1.29 is 4.79 Å². The molecule has 19 heavy (non-hydrogen) atoms. The number of hydrogen-bond donors (Lipinski definition) is 1. The van der Waals surface area contributed by atoms with Crippen molar-refractivity contribution in [2.45, 2.75) is 26.3 Å². The fraction of sp³-hybridized carbons (Fsp3) is 0.438. The summed E-state index contributed by atoms with van der Waals surface area (Å²) in [5, 5.41) is 3.00. The van der Waals surface area contributed by atoms with Crippen molar-refractivity contribution in [3.63, 3.8) is 0 Å². The monoisotopic (exact) mass is 260 g/mol. The van der Waals surface area contributed by atoms with Gasteiger partial charge in [0.2, 0.25) is 5.91 Å². The van der Waals surface area contributed by atoms with E-state index in [0.29, 0.717) is 6.54 Å². The molecular weight excluding hydrogens is 236 g/mol. The predicted octanol–water partition coefficient (Wildman–Crippen LogP) is 2.76. The Hall–Kier alpha value is -1.61. The average Bonchev–Trinajstić information content (AvgIpc) is 2.39. The summed E-state index contributed by atoms with van der Waals surface area (Å²) in [5.74, 6) is 0.0182. The summed E-state index contributed by atoms with van der Waals surface area (Å²) in [6, 6.07) is 10.4. The van der Waals surface area contributed by atoms with E-state index in [0.717, 1.165) is 12.0 Å². The number of amides is 1. The van der Waals surface area contributed by atoms with Gasteiger partial charge in [0.05, 0.1) is 6.04 Å². The molecule has 0 heterocycles. The normalized spacial score (nSPS) is 13.4. The number of nitrogens with zero attached hydrogens (tertiary/aromatic N) is 1. The van der Waals surface area contributed by atoms with Gasteiger partial charge in [0.15, 0.2) is 0 Å². The number of allylic oxidation sites excluding steroid dienone is 1. The summed E-state index contributed by atoms with van der Waals surface area (Å²) < 4.78 is 0. The number of carbonyl (C=O) groups excluding carboxylic acids is 1. The highest BCUT2D eigenvalue weighted by atomic mass is 16.1. The van der Waals surface area contributed by atoms with E-state index in [1.807, 2.05) is 52.2 Å². The lowest BCUT2D eigenvalue weighted by Gasteiger charge is -2.25. The van der Waals surface area contributed by atoms with E-state index < -0.39 is 0 Å². The van der Waals surface area contributed by atoms with Crippen LogP contribution in [0.15, 0.2) is 42.0 Å². The highest BCUT2D eigenvalue weighted by molar-refractivity contribution is 5.92. The molecule has 104 valence electrons. The summed E-state index contributed by atoms with van der Waals surface area (Å²) in [4.78, 5) is 14.0. The molecule has 3 nitrogen and oxygen atoms in total. The first-order valence-corrected chi connectivity index (χ1v) is 6.72. The van der Waals surface area contributed by atoms with Crippen molar-refractivity contribution in [2.24, 2.45) is 0 Å². The fourth-order valence-electron chi connectivity index (χ4n) is 2.00. The van der Waals surface area contributed by atoms with Crippen LogP contribution in [0.2, 0.25) is 0 Å². The highest BCUT2D eigenvalue weighted by Crippen LogP contribution is 2.16. The van der Waals surface area contributed by atoms with Crippen molar-refractivity contribution in [2.75, 3.05) is 20.6 Å². The summed E-state index contributed by atoms with van der Waals surface area (Å²) in [7, 11) is 4.05. The molecule has 1 aromatic rings. The van der Waals surface area contributed by atoms with E-state index in [1.54, 1.807) is 0 Å². The lowest BCUT2D eigenvalue weighted by molar-refractivity contribution is -0.117. The molecule has 1 amide bonds. The first-order chi connectivity index (χ1) is 9.06. The Balaban J connectivity index is 2.67. The van der Waals surface area contributed by atoms with Crippen LogP contribution in [0.4, 0.5) is 0 Å². The van der Waals surface area contributed by atoms with Gasteiger partial charge in [-0.15, -0.1) is 0 Å². The maximum absolute atomic E-state index is 11.9. The molecule has 1 aromatic carbocycles. The standard InChI is InChI=1S/C16H24N2O/c1-5-9-13(2)16(19)17-12-15(18(3)4)14-10-7-6-8-11-14/h6-11,15H,5,12H2,1-4H3,(H,17,19)/b13-9+/t15-/m0/s1. The Morgan fingerprint density at radius 1 is 1.32 bits per heavy atom. The molecule has 0 aliphatic carbocycles. The third kappa shape index (κ3) is 4.87. The molecule has 0 saturated carbocycles. The maximum Gasteiger partial charge on any atom is 0.246 e. The largest absolute Gasteiger partial charge is 0.350 e. The lowest BCUT2D eigenvalue weighted by atomic mass is 10.1. The Morgan fingerprint density at radius 3 is 2.47 bits per heavy atom. The van der Waals surface area contributed by atoms with Crippen molar-refractivity contribution in [1.82, 2.24) is 10.2 Å². The minimum Gasteiger partial charge on any atom is -0.350 e. The first kappa shape index (κ1) is 15.4. The number of likely N-dealkylation sites (N-methyl/N-ethyl adjacent to an activating group) is 1. The predicted molar refractivity (Wildman–Crippen MR) is 79.9 cm³/mol. The van der Waals surface area contributed by atoms with Crippen LogP contribution in [-0.4, -0.2) is 31.4 Å². The number of nitrogens with one attached hydrogen (secondary N) is 1. The van der Waals surface area contributed by atoms with Crippen LogP contribution in [0.1, 0.15) is 31.9 Å². The maximum atomic E-state index is 11.9. The van der Waals surface area contributed by atoms with Crippen molar-refractivity contribution in [3.8, 4) is 0 Å². The van der Waals surface area contributed by atoms with Gasteiger partial charge in [-0.2, -0.15) is 0 Å². The number of hydrogen-bond acceptors (Lipinski definition) is 2. The van der Waals surface area contributed by atoms with Crippen LogP contribution in [0, 0.1) is 0 Å². The van der Waals surface area contributed by atoms with Gasteiger partial charge in [-0.1, -0.05) is 43.3 Å². The van der Waals surface area contributed by atoms with Gasteiger partial charge in [0, 0.05) is 12.1 Å². The number of rotatable bonds is 6. The second kappa shape index (κ2) is 7.74. The molecule has 0 saturated heterocycles. The van der Waals surface area contributed by atoms with Gasteiger partial charge in [0.1, 0.15) is 0 Å². The molecule has 0 unspecified atom stereocenters. The summed E-state index contributed by atoms with van der Waals surface area (Å²) in [6.07, 6.45) is 2.83. The Morgan fingerprint density at radius 2 is 1.95 bits per heavy atom. The molecule has 0 spiro atoms. The number of carbonyl (C=O) groups is 1. The molecule has 0 radical (unpaired) electrons. The van der Waals surface area contributed by atoms with Crippen LogP contribution in [0.25, 0.3) is 0 Å². The molecule has 0 bridgehead atoms. The zero-order valence-electron chi connectivity index (χ0n) is 12.3. The molecule has 0 fully saturated rings. The topological polar surface area (TPSA) is 32.3 Å². The van der Waals surface area contributed by atoms with Crippen LogP contribution >= 0.6 is 0 Å². The Bertz CT molecular complexity index is 424. The molecule has 0 aliphatic rings. The van der Waals surface area contributed by atoms with E-state index >= 15 is 0 Å². The summed E-state index contributed by atoms with van der Waals surface area (Å²) in [6.45, 7) is 4.50. The smallest absolute Gasteiger partial charge is 0.246 e. The second-order valence-electron chi connectivity index (χ2n) is 4.90.